The minimum Gasteiger partial charge on any atom is -0.403 e. The summed E-state index contributed by atoms with van der Waals surface area (Å²) in [6.07, 6.45) is 5.11. The Balaban J connectivity index is 1.76. The predicted octanol–water partition coefficient (Wildman–Crippen LogP) is 7.23. The molecule has 0 bridgehead atoms. The van der Waals surface area contributed by atoms with Crippen molar-refractivity contribution in [3.63, 3.8) is 0 Å². The molecule has 43 heavy (non-hydrogen) atoms. The van der Waals surface area contributed by atoms with Crippen LogP contribution >= 0.6 is 0 Å². The molecule has 3 aromatic rings. The highest BCUT2D eigenvalue weighted by Crippen LogP contribution is 2.37. The lowest BCUT2D eigenvalue weighted by atomic mass is 9.89. The number of ketones is 1. The molecule has 0 fully saturated rings. The maximum absolute atomic E-state index is 13.3. The van der Waals surface area contributed by atoms with Crippen molar-refractivity contribution in [1.82, 2.24) is 0 Å². The highest BCUT2D eigenvalue weighted by atomic mass is 28.4. The van der Waals surface area contributed by atoms with Crippen molar-refractivity contribution in [2.75, 3.05) is 5.32 Å². The molecular formula is C37H52N2O3Si. The van der Waals surface area contributed by atoms with Crippen LogP contribution in [0.2, 0.25) is 5.04 Å². The van der Waals surface area contributed by atoms with Gasteiger partial charge in [0.05, 0.1) is 12.6 Å². The van der Waals surface area contributed by atoms with Crippen LogP contribution in [0.1, 0.15) is 85.6 Å². The number of Topliss-reactive ketones (excluding diaryl/α,β-unsaturated/α-hetero) is 1. The Labute approximate surface area is 260 Å². The van der Waals surface area contributed by atoms with Crippen LogP contribution < -0.4 is 21.4 Å². The minimum atomic E-state index is -2.65. The summed E-state index contributed by atoms with van der Waals surface area (Å²) in [7, 11) is -2.65. The second kappa shape index (κ2) is 16.1. The molecular weight excluding hydrogens is 549 g/mol. The Bertz CT molecular complexity index is 1230. The van der Waals surface area contributed by atoms with Gasteiger partial charge in [-0.1, -0.05) is 140 Å². The number of benzene rings is 3. The molecule has 0 aliphatic carbocycles. The molecule has 0 heterocycles. The summed E-state index contributed by atoms with van der Waals surface area (Å²) in [6, 6.07) is 28.6. The zero-order chi connectivity index (χ0) is 31.5. The number of nitrogens with one attached hydrogen (secondary N) is 1. The van der Waals surface area contributed by atoms with Gasteiger partial charge in [-0.05, 0) is 45.4 Å². The van der Waals surface area contributed by atoms with Crippen LogP contribution in [0.25, 0.3) is 0 Å². The zero-order valence-corrected chi connectivity index (χ0v) is 28.1. The smallest absolute Gasteiger partial charge is 0.261 e. The van der Waals surface area contributed by atoms with Crippen molar-refractivity contribution in [3.8, 4) is 0 Å². The molecule has 5 nitrogen and oxygen atoms in total. The number of carbonyl (C=O) groups excluding carboxylic acids is 2. The molecule has 0 saturated carbocycles. The Morgan fingerprint density at radius 1 is 0.837 bits per heavy atom. The predicted molar refractivity (Wildman–Crippen MR) is 182 cm³/mol. The first-order valence-corrected chi connectivity index (χ1v) is 17.8. The second-order valence-electron chi connectivity index (χ2n) is 13.1. The Hall–Kier alpha value is -3.06. The lowest BCUT2D eigenvalue weighted by Crippen LogP contribution is -2.66. The van der Waals surface area contributed by atoms with E-state index < -0.39 is 14.4 Å². The van der Waals surface area contributed by atoms with Crippen LogP contribution in [0.5, 0.6) is 0 Å². The minimum absolute atomic E-state index is 0.0403. The average molecular weight is 601 g/mol. The van der Waals surface area contributed by atoms with E-state index in [4.69, 9.17) is 10.2 Å². The molecule has 2 atom stereocenters. The average Bonchev–Trinajstić information content (AvgIpc) is 2.99. The molecule has 6 heteroatoms. The third-order valence-electron chi connectivity index (χ3n) is 8.41. The first-order valence-electron chi connectivity index (χ1n) is 15.9. The third kappa shape index (κ3) is 9.21. The fourth-order valence-electron chi connectivity index (χ4n) is 5.78. The largest absolute Gasteiger partial charge is 0.403 e. The van der Waals surface area contributed by atoms with E-state index in [1.165, 1.54) is 10.4 Å². The first-order chi connectivity index (χ1) is 20.5. The van der Waals surface area contributed by atoms with Crippen LogP contribution in [0, 0.1) is 11.8 Å². The van der Waals surface area contributed by atoms with Crippen molar-refractivity contribution in [1.29, 1.82) is 0 Å². The van der Waals surface area contributed by atoms with E-state index in [-0.39, 0.29) is 35.0 Å². The van der Waals surface area contributed by atoms with Gasteiger partial charge in [-0.25, -0.2) is 0 Å². The van der Waals surface area contributed by atoms with Crippen LogP contribution in [0.3, 0.4) is 0 Å². The molecule has 0 unspecified atom stereocenters. The van der Waals surface area contributed by atoms with Gasteiger partial charge >= 0.3 is 0 Å². The molecule has 3 rings (SSSR count). The number of unbranched alkanes of at least 4 members (excludes halogenated alkanes) is 3. The lowest BCUT2D eigenvalue weighted by molar-refractivity contribution is -0.127. The highest BCUT2D eigenvalue weighted by Gasteiger charge is 2.50. The molecule has 0 radical (unpaired) electrons. The maximum Gasteiger partial charge on any atom is 0.261 e. The molecule has 0 aliphatic heterocycles. The van der Waals surface area contributed by atoms with E-state index in [1.807, 2.05) is 50.2 Å². The fourth-order valence-corrected chi connectivity index (χ4v) is 10.3. The molecule has 0 saturated heterocycles. The molecule has 3 aromatic carbocycles. The Morgan fingerprint density at radius 3 is 1.88 bits per heavy atom. The van der Waals surface area contributed by atoms with E-state index in [1.54, 1.807) is 0 Å². The molecule has 232 valence electrons. The van der Waals surface area contributed by atoms with Crippen molar-refractivity contribution < 1.29 is 14.0 Å². The SMILES string of the molecule is CCCCCC[C@H](CC(=O)[C@@H](N)C(C)C)C(=O)Nc1ccc(CO[Si](c2ccccc2)(c2ccccc2)C(C)(C)C)cc1. The Morgan fingerprint density at radius 2 is 1.40 bits per heavy atom. The van der Waals surface area contributed by atoms with Crippen molar-refractivity contribution >= 4 is 36.1 Å². The monoisotopic (exact) mass is 600 g/mol. The van der Waals surface area contributed by atoms with Gasteiger partial charge in [-0.15, -0.1) is 0 Å². The summed E-state index contributed by atoms with van der Waals surface area (Å²) in [5.74, 6) is -0.485. The number of hydrogen-bond donors (Lipinski definition) is 2. The normalized spacial score (nSPS) is 13.5. The molecule has 3 N–H and O–H groups in total. The second-order valence-corrected chi connectivity index (χ2v) is 17.4. The van der Waals surface area contributed by atoms with Gasteiger partial charge in [0.15, 0.2) is 5.78 Å². The summed E-state index contributed by atoms with van der Waals surface area (Å²) in [4.78, 5) is 26.1. The van der Waals surface area contributed by atoms with Crippen LogP contribution in [-0.4, -0.2) is 26.0 Å². The maximum atomic E-state index is 13.3. The fraction of sp³-hybridized carbons (Fsp3) is 0.459. The number of carbonyl (C=O) groups is 2. The topological polar surface area (TPSA) is 81.4 Å². The van der Waals surface area contributed by atoms with E-state index in [9.17, 15) is 9.59 Å². The summed E-state index contributed by atoms with van der Waals surface area (Å²) >= 11 is 0. The van der Waals surface area contributed by atoms with Crippen LogP contribution in [0.4, 0.5) is 5.69 Å². The van der Waals surface area contributed by atoms with Crippen LogP contribution in [-0.2, 0) is 20.6 Å². The zero-order valence-electron chi connectivity index (χ0n) is 27.1. The third-order valence-corrected chi connectivity index (χ3v) is 13.4. The van der Waals surface area contributed by atoms with Crippen molar-refractivity contribution in [2.24, 2.45) is 17.6 Å². The Kier molecular flexibility index (Phi) is 12.9. The number of anilines is 1. The summed E-state index contributed by atoms with van der Waals surface area (Å²) in [5.41, 5.74) is 7.89. The van der Waals surface area contributed by atoms with Crippen molar-refractivity contribution in [3.05, 3.63) is 90.5 Å². The van der Waals surface area contributed by atoms with Gasteiger partial charge in [0.1, 0.15) is 0 Å². The highest BCUT2D eigenvalue weighted by molar-refractivity contribution is 6.99. The van der Waals surface area contributed by atoms with E-state index in [0.29, 0.717) is 13.0 Å². The summed E-state index contributed by atoms with van der Waals surface area (Å²) in [6.45, 7) is 13.3. The quantitative estimate of drug-likeness (QED) is 0.134. The summed E-state index contributed by atoms with van der Waals surface area (Å²) in [5, 5.41) is 5.45. The van der Waals surface area contributed by atoms with Crippen molar-refractivity contribution in [2.45, 2.75) is 97.8 Å². The molecule has 1 amide bonds. The molecule has 0 aromatic heterocycles. The van der Waals surface area contributed by atoms with E-state index >= 15 is 0 Å². The van der Waals surface area contributed by atoms with Gasteiger partial charge in [0.2, 0.25) is 5.91 Å². The first kappa shape index (κ1) is 34.4. The number of amides is 1. The van der Waals surface area contributed by atoms with Gasteiger partial charge in [-0.2, -0.15) is 0 Å². The van der Waals surface area contributed by atoms with E-state index in [2.05, 4.69) is 81.5 Å². The van der Waals surface area contributed by atoms with Gasteiger partial charge < -0.3 is 15.5 Å². The van der Waals surface area contributed by atoms with Crippen LogP contribution in [0.15, 0.2) is 84.9 Å². The standard InChI is InChI=1S/C37H52N2O3Si/c1-7-8-9-12-17-30(26-34(40)35(38)28(2)3)36(41)39-31-24-22-29(23-25-31)27-42-43(37(4,5)6,32-18-13-10-14-19-32)33-20-15-11-16-21-33/h10-11,13-16,18-25,28,30,35H,7-9,12,17,26-27,38H2,1-6H3,(H,39,41)/t30-,35+/m1/s1. The lowest BCUT2D eigenvalue weighted by Gasteiger charge is -2.43. The van der Waals surface area contributed by atoms with Gasteiger partial charge in [0, 0.05) is 18.0 Å². The molecule has 0 spiro atoms. The van der Waals surface area contributed by atoms with E-state index in [0.717, 1.165) is 36.9 Å². The van der Waals surface area contributed by atoms with Gasteiger partial charge in [-0.3, -0.25) is 9.59 Å². The summed E-state index contributed by atoms with van der Waals surface area (Å²) < 4.78 is 7.06. The number of rotatable bonds is 16. The van der Waals surface area contributed by atoms with Gasteiger partial charge in [0.25, 0.3) is 8.32 Å². The number of nitrogens with two attached hydrogens (primary N) is 1. The number of hydrogen-bond acceptors (Lipinski definition) is 4. The molecule has 0 aliphatic rings.